The van der Waals surface area contributed by atoms with Gasteiger partial charge in [0.2, 0.25) is 0 Å². The van der Waals surface area contributed by atoms with E-state index in [1.807, 2.05) is 38.1 Å². The SMILES string of the molecule is CC[C@H](C)NC(=O)c1ccccc1NC(=O)c1nsc2ccccc12. The van der Waals surface area contributed by atoms with E-state index in [9.17, 15) is 9.59 Å². The van der Waals surface area contributed by atoms with Crippen LogP contribution in [-0.2, 0) is 0 Å². The van der Waals surface area contributed by atoms with E-state index in [0.717, 1.165) is 16.5 Å². The summed E-state index contributed by atoms with van der Waals surface area (Å²) in [5.41, 5.74) is 1.29. The highest BCUT2D eigenvalue weighted by Gasteiger charge is 2.18. The van der Waals surface area contributed by atoms with E-state index in [4.69, 9.17) is 0 Å². The molecule has 0 aliphatic rings. The second-order valence-corrected chi connectivity index (χ2v) is 6.61. The van der Waals surface area contributed by atoms with Crippen molar-refractivity contribution in [3.05, 3.63) is 59.8 Å². The highest BCUT2D eigenvalue weighted by molar-refractivity contribution is 7.13. The van der Waals surface area contributed by atoms with Crippen LogP contribution in [0.4, 0.5) is 5.69 Å². The molecule has 5 nitrogen and oxygen atoms in total. The van der Waals surface area contributed by atoms with Gasteiger partial charge in [0.1, 0.15) is 5.69 Å². The Bertz CT molecular complexity index is 920. The molecule has 0 saturated carbocycles. The summed E-state index contributed by atoms with van der Waals surface area (Å²) in [5, 5.41) is 6.55. The van der Waals surface area contributed by atoms with Crippen molar-refractivity contribution < 1.29 is 9.59 Å². The Kier molecular flexibility index (Phi) is 5.09. The van der Waals surface area contributed by atoms with Crippen LogP contribution in [0.25, 0.3) is 10.1 Å². The predicted octanol–water partition coefficient (Wildman–Crippen LogP) is 4.08. The van der Waals surface area contributed by atoms with Gasteiger partial charge in [0.15, 0.2) is 0 Å². The van der Waals surface area contributed by atoms with Gasteiger partial charge in [-0.1, -0.05) is 37.3 Å². The molecule has 0 aliphatic heterocycles. The maximum absolute atomic E-state index is 12.6. The van der Waals surface area contributed by atoms with Crippen LogP contribution >= 0.6 is 11.5 Å². The molecule has 25 heavy (non-hydrogen) atoms. The minimum absolute atomic E-state index is 0.0683. The van der Waals surface area contributed by atoms with Crippen LogP contribution in [-0.4, -0.2) is 22.2 Å². The van der Waals surface area contributed by atoms with E-state index < -0.39 is 0 Å². The van der Waals surface area contributed by atoms with Crippen molar-refractivity contribution >= 4 is 39.1 Å². The van der Waals surface area contributed by atoms with Gasteiger partial charge in [-0.05, 0) is 43.1 Å². The van der Waals surface area contributed by atoms with E-state index >= 15 is 0 Å². The van der Waals surface area contributed by atoms with Crippen LogP contribution < -0.4 is 10.6 Å². The quantitative estimate of drug-likeness (QED) is 0.726. The first kappa shape index (κ1) is 17.1. The fourth-order valence-electron chi connectivity index (χ4n) is 2.42. The fourth-order valence-corrected chi connectivity index (χ4v) is 3.20. The van der Waals surface area contributed by atoms with Gasteiger partial charge in [-0.3, -0.25) is 9.59 Å². The largest absolute Gasteiger partial charge is 0.350 e. The number of nitrogens with zero attached hydrogens (tertiary/aromatic N) is 1. The lowest BCUT2D eigenvalue weighted by molar-refractivity contribution is 0.0940. The molecule has 0 radical (unpaired) electrons. The molecule has 128 valence electrons. The Balaban J connectivity index is 1.86. The predicted molar refractivity (Wildman–Crippen MR) is 101 cm³/mol. The number of carbonyl (C=O) groups is 2. The molecular weight excluding hydrogens is 334 g/mol. The van der Waals surface area contributed by atoms with Gasteiger partial charge in [-0.25, -0.2) is 0 Å². The van der Waals surface area contributed by atoms with E-state index in [1.165, 1.54) is 11.5 Å². The number of benzene rings is 2. The van der Waals surface area contributed by atoms with Crippen molar-refractivity contribution in [1.82, 2.24) is 9.69 Å². The number of amides is 2. The molecule has 1 aromatic heterocycles. The van der Waals surface area contributed by atoms with Crippen LogP contribution in [0.5, 0.6) is 0 Å². The number of hydrogen-bond donors (Lipinski definition) is 2. The third kappa shape index (κ3) is 3.69. The summed E-state index contributed by atoms with van der Waals surface area (Å²) in [5.74, 6) is -0.519. The van der Waals surface area contributed by atoms with Crippen molar-refractivity contribution in [3.63, 3.8) is 0 Å². The number of anilines is 1. The van der Waals surface area contributed by atoms with Crippen LogP contribution in [0.2, 0.25) is 0 Å². The number of carbonyl (C=O) groups excluding carboxylic acids is 2. The van der Waals surface area contributed by atoms with Crippen molar-refractivity contribution in [1.29, 1.82) is 0 Å². The molecule has 0 fully saturated rings. The van der Waals surface area contributed by atoms with Crippen molar-refractivity contribution in [2.24, 2.45) is 0 Å². The normalized spacial score (nSPS) is 11.9. The Morgan fingerprint density at radius 2 is 1.80 bits per heavy atom. The van der Waals surface area contributed by atoms with Gasteiger partial charge in [-0.2, -0.15) is 4.37 Å². The fraction of sp³-hybridized carbons (Fsp3) is 0.211. The second kappa shape index (κ2) is 7.44. The maximum atomic E-state index is 12.6. The third-order valence-corrected chi connectivity index (χ3v) is 4.83. The first-order valence-corrected chi connectivity index (χ1v) is 8.93. The van der Waals surface area contributed by atoms with Crippen LogP contribution in [0, 0.1) is 0 Å². The molecule has 1 heterocycles. The molecule has 1 atom stereocenters. The average Bonchev–Trinajstić information content (AvgIpc) is 3.06. The summed E-state index contributed by atoms with van der Waals surface area (Å²) >= 11 is 1.28. The van der Waals surface area contributed by atoms with E-state index in [0.29, 0.717) is 16.9 Å². The zero-order valence-corrected chi connectivity index (χ0v) is 14.9. The van der Waals surface area contributed by atoms with Crippen molar-refractivity contribution in [3.8, 4) is 0 Å². The molecule has 3 rings (SSSR count). The number of hydrogen-bond acceptors (Lipinski definition) is 4. The number of para-hydroxylation sites is 1. The molecule has 0 unspecified atom stereocenters. The summed E-state index contributed by atoms with van der Waals surface area (Å²) < 4.78 is 5.21. The summed E-state index contributed by atoms with van der Waals surface area (Å²) in [6.45, 7) is 3.95. The summed E-state index contributed by atoms with van der Waals surface area (Å²) in [6.07, 6.45) is 0.838. The summed E-state index contributed by atoms with van der Waals surface area (Å²) in [7, 11) is 0. The van der Waals surface area contributed by atoms with Gasteiger partial charge < -0.3 is 10.6 Å². The zero-order valence-electron chi connectivity index (χ0n) is 14.1. The molecular formula is C19H19N3O2S. The maximum Gasteiger partial charge on any atom is 0.276 e. The lowest BCUT2D eigenvalue weighted by atomic mass is 10.1. The minimum Gasteiger partial charge on any atom is -0.350 e. The lowest BCUT2D eigenvalue weighted by Gasteiger charge is -2.14. The Hall–Kier alpha value is -2.73. The number of nitrogens with one attached hydrogen (secondary N) is 2. The van der Waals surface area contributed by atoms with E-state index in [2.05, 4.69) is 15.0 Å². The van der Waals surface area contributed by atoms with Gasteiger partial charge >= 0.3 is 0 Å². The standard InChI is InChI=1S/C19H19N3O2S/c1-3-12(2)20-18(23)13-8-4-6-10-15(13)21-19(24)17-14-9-5-7-11-16(14)25-22-17/h4-12H,3H2,1-2H3,(H,20,23)(H,21,24)/t12-/m0/s1. The molecule has 2 N–H and O–H groups in total. The third-order valence-electron chi connectivity index (χ3n) is 4.00. The topological polar surface area (TPSA) is 71.1 Å². The highest BCUT2D eigenvalue weighted by Crippen LogP contribution is 2.24. The summed E-state index contributed by atoms with van der Waals surface area (Å²) in [6, 6.07) is 14.6. The second-order valence-electron chi connectivity index (χ2n) is 5.81. The molecule has 6 heteroatoms. The first-order chi connectivity index (χ1) is 12.1. The van der Waals surface area contributed by atoms with Crippen LogP contribution in [0.1, 0.15) is 41.1 Å². The minimum atomic E-state index is -0.318. The number of aromatic nitrogens is 1. The molecule has 0 aliphatic carbocycles. The highest BCUT2D eigenvalue weighted by atomic mass is 32.1. The first-order valence-electron chi connectivity index (χ1n) is 8.15. The average molecular weight is 353 g/mol. The molecule has 3 aromatic rings. The molecule has 2 amide bonds. The van der Waals surface area contributed by atoms with E-state index in [1.54, 1.807) is 24.3 Å². The zero-order chi connectivity index (χ0) is 17.8. The number of rotatable bonds is 5. The Morgan fingerprint density at radius 3 is 2.60 bits per heavy atom. The Labute approximate surface area is 150 Å². The van der Waals surface area contributed by atoms with Crippen molar-refractivity contribution in [2.45, 2.75) is 26.3 Å². The molecule has 0 saturated heterocycles. The van der Waals surface area contributed by atoms with Gasteiger partial charge in [0.05, 0.1) is 16.0 Å². The molecule has 2 aromatic carbocycles. The van der Waals surface area contributed by atoms with Gasteiger partial charge in [0.25, 0.3) is 11.8 Å². The van der Waals surface area contributed by atoms with Crippen LogP contribution in [0.15, 0.2) is 48.5 Å². The van der Waals surface area contributed by atoms with Gasteiger partial charge in [0, 0.05) is 11.4 Å². The van der Waals surface area contributed by atoms with Gasteiger partial charge in [-0.15, -0.1) is 0 Å². The van der Waals surface area contributed by atoms with Crippen LogP contribution in [0.3, 0.4) is 0 Å². The Morgan fingerprint density at radius 1 is 1.08 bits per heavy atom. The number of fused-ring (bicyclic) bond motifs is 1. The summed E-state index contributed by atoms with van der Waals surface area (Å²) in [4.78, 5) is 25.1. The monoisotopic (exact) mass is 353 g/mol. The molecule has 0 spiro atoms. The van der Waals surface area contributed by atoms with Crippen molar-refractivity contribution in [2.75, 3.05) is 5.32 Å². The van der Waals surface area contributed by atoms with E-state index in [-0.39, 0.29) is 17.9 Å². The smallest absolute Gasteiger partial charge is 0.276 e. The molecule has 0 bridgehead atoms. The lowest BCUT2D eigenvalue weighted by Crippen LogP contribution is -2.32.